The molecule has 3 amide bonds. The molecule has 1 saturated heterocycles. The largest absolute Gasteiger partial charge is 0.465 e. The number of aliphatic hydroxyl groups is 1. The number of carbonyl (C=O) groups excluding carboxylic acids is 2. The molecule has 1 aromatic rings. The van der Waals surface area contributed by atoms with Crippen LogP contribution < -0.4 is 10.6 Å². The summed E-state index contributed by atoms with van der Waals surface area (Å²) in [7, 11) is 0. The van der Waals surface area contributed by atoms with E-state index in [1.165, 1.54) is 4.90 Å². The van der Waals surface area contributed by atoms with Gasteiger partial charge >= 0.3 is 6.09 Å². The minimum absolute atomic E-state index is 0.0857. The van der Waals surface area contributed by atoms with Gasteiger partial charge in [0.1, 0.15) is 18.8 Å². The van der Waals surface area contributed by atoms with Gasteiger partial charge in [0, 0.05) is 0 Å². The van der Waals surface area contributed by atoms with E-state index < -0.39 is 36.4 Å². The fourth-order valence-corrected chi connectivity index (χ4v) is 3.41. The monoisotopic (exact) mass is 421 g/mol. The van der Waals surface area contributed by atoms with Crippen LogP contribution in [0.25, 0.3) is 0 Å². The zero-order valence-corrected chi connectivity index (χ0v) is 17.7. The molecular formula is C21H31N3O6. The highest BCUT2D eigenvalue weighted by molar-refractivity contribution is 5.91. The van der Waals surface area contributed by atoms with Crippen molar-refractivity contribution in [2.45, 2.75) is 58.5 Å². The zero-order valence-electron chi connectivity index (χ0n) is 17.7. The van der Waals surface area contributed by atoms with Crippen molar-refractivity contribution in [2.75, 3.05) is 6.73 Å². The molecule has 4 N–H and O–H groups in total. The lowest BCUT2D eigenvalue weighted by molar-refractivity contribution is -0.140. The van der Waals surface area contributed by atoms with Crippen molar-refractivity contribution in [3.05, 3.63) is 35.9 Å². The minimum Gasteiger partial charge on any atom is -0.465 e. The van der Waals surface area contributed by atoms with E-state index in [9.17, 15) is 19.5 Å². The average Bonchev–Trinajstić information content (AvgIpc) is 3.04. The maximum Gasteiger partial charge on any atom is 0.405 e. The number of carboxylic acid groups (broad SMARTS) is 1. The van der Waals surface area contributed by atoms with E-state index in [0.29, 0.717) is 6.42 Å². The summed E-state index contributed by atoms with van der Waals surface area (Å²) in [6.07, 6.45) is -2.04. The Morgan fingerprint density at radius 2 is 1.67 bits per heavy atom. The fourth-order valence-electron chi connectivity index (χ4n) is 3.41. The van der Waals surface area contributed by atoms with Gasteiger partial charge in [-0.2, -0.15) is 0 Å². The number of carbonyl (C=O) groups is 3. The van der Waals surface area contributed by atoms with Crippen LogP contribution in [0.4, 0.5) is 4.79 Å². The summed E-state index contributed by atoms with van der Waals surface area (Å²) < 4.78 is 5.30. The van der Waals surface area contributed by atoms with Gasteiger partial charge in [0.05, 0.1) is 6.04 Å². The molecule has 4 atom stereocenters. The first-order chi connectivity index (χ1) is 14.1. The molecule has 166 valence electrons. The second kappa shape index (κ2) is 10.4. The van der Waals surface area contributed by atoms with Crippen molar-refractivity contribution < 1.29 is 29.3 Å². The van der Waals surface area contributed by atoms with Gasteiger partial charge in [-0.15, -0.1) is 0 Å². The molecule has 4 unspecified atom stereocenters. The number of nitrogens with one attached hydrogen (secondary N) is 2. The molecule has 1 fully saturated rings. The molecule has 1 heterocycles. The van der Waals surface area contributed by atoms with Gasteiger partial charge in [-0.05, 0) is 23.8 Å². The van der Waals surface area contributed by atoms with E-state index in [0.717, 1.165) is 5.56 Å². The molecule has 1 aliphatic heterocycles. The molecule has 0 saturated carbocycles. The Morgan fingerprint density at radius 3 is 2.20 bits per heavy atom. The highest BCUT2D eigenvalue weighted by Crippen LogP contribution is 2.22. The Hall–Kier alpha value is -2.65. The number of hydrogen-bond acceptors (Lipinski definition) is 5. The van der Waals surface area contributed by atoms with Crippen LogP contribution in [0.1, 0.15) is 33.3 Å². The van der Waals surface area contributed by atoms with Gasteiger partial charge in [0.15, 0.2) is 6.29 Å². The van der Waals surface area contributed by atoms with Gasteiger partial charge in [-0.3, -0.25) is 9.59 Å². The maximum absolute atomic E-state index is 13.3. The standard InChI is InChI=1S/C21H31N3O6/c1-12(2)16(23-21(28)29)18(25)22-17(13(3)4)19(26)24-11-30-20(27)15(24)10-14-8-6-5-7-9-14/h5-9,12-13,15-17,20,23,27H,10-11H2,1-4H3,(H,22,25)(H,28,29). The van der Waals surface area contributed by atoms with Crippen LogP contribution >= 0.6 is 0 Å². The Bertz CT molecular complexity index is 740. The lowest BCUT2D eigenvalue weighted by atomic mass is 9.98. The van der Waals surface area contributed by atoms with Crippen LogP contribution in [0.15, 0.2) is 30.3 Å². The van der Waals surface area contributed by atoms with Gasteiger partial charge in [0.25, 0.3) is 0 Å². The smallest absolute Gasteiger partial charge is 0.405 e. The number of hydrogen-bond donors (Lipinski definition) is 4. The number of benzene rings is 1. The number of amides is 3. The number of aliphatic hydroxyl groups excluding tert-OH is 1. The Kier molecular flexibility index (Phi) is 8.19. The van der Waals surface area contributed by atoms with E-state index in [-0.39, 0.29) is 24.5 Å². The summed E-state index contributed by atoms with van der Waals surface area (Å²) >= 11 is 0. The lowest BCUT2D eigenvalue weighted by Crippen LogP contribution is -2.58. The second-order valence-electron chi connectivity index (χ2n) is 8.15. The van der Waals surface area contributed by atoms with Crippen molar-refractivity contribution in [2.24, 2.45) is 11.8 Å². The topological polar surface area (TPSA) is 128 Å². The number of ether oxygens (including phenoxy) is 1. The number of rotatable bonds is 8. The van der Waals surface area contributed by atoms with Crippen LogP contribution in [0.5, 0.6) is 0 Å². The highest BCUT2D eigenvalue weighted by Gasteiger charge is 2.41. The van der Waals surface area contributed by atoms with Gasteiger partial charge in [-0.25, -0.2) is 4.79 Å². The third-order valence-electron chi connectivity index (χ3n) is 5.14. The van der Waals surface area contributed by atoms with Crippen LogP contribution in [-0.2, 0) is 20.7 Å². The number of nitrogens with zero attached hydrogens (tertiary/aromatic N) is 1. The van der Waals surface area contributed by atoms with E-state index >= 15 is 0 Å². The SMILES string of the molecule is CC(C)C(NC(=O)O)C(=O)NC(C(=O)N1COC(O)C1Cc1ccccc1)C(C)C. The molecule has 0 aromatic heterocycles. The molecule has 1 aromatic carbocycles. The third-order valence-corrected chi connectivity index (χ3v) is 5.14. The Labute approximate surface area is 176 Å². The molecule has 2 rings (SSSR count). The summed E-state index contributed by atoms with van der Waals surface area (Å²) in [5, 5.41) is 24.1. The normalized spacial score (nSPS) is 20.8. The lowest BCUT2D eigenvalue weighted by Gasteiger charge is -2.31. The maximum atomic E-state index is 13.3. The highest BCUT2D eigenvalue weighted by atomic mass is 16.6. The summed E-state index contributed by atoms with van der Waals surface area (Å²) in [6, 6.07) is 6.98. The average molecular weight is 421 g/mol. The first-order valence-corrected chi connectivity index (χ1v) is 10.1. The minimum atomic E-state index is -1.31. The second-order valence-corrected chi connectivity index (χ2v) is 8.15. The first-order valence-electron chi connectivity index (χ1n) is 10.1. The molecule has 9 heteroatoms. The quantitative estimate of drug-likeness (QED) is 0.499. The Balaban J connectivity index is 2.16. The van der Waals surface area contributed by atoms with Crippen molar-refractivity contribution in [1.29, 1.82) is 0 Å². The van der Waals surface area contributed by atoms with Gasteiger partial charge < -0.3 is 30.5 Å². The molecule has 9 nitrogen and oxygen atoms in total. The predicted molar refractivity (Wildman–Crippen MR) is 109 cm³/mol. The molecule has 1 aliphatic rings. The van der Waals surface area contributed by atoms with E-state index in [1.54, 1.807) is 27.7 Å². The summed E-state index contributed by atoms with van der Waals surface area (Å²) in [5.41, 5.74) is 0.945. The molecule has 30 heavy (non-hydrogen) atoms. The van der Waals surface area contributed by atoms with E-state index in [1.807, 2.05) is 30.3 Å². The van der Waals surface area contributed by atoms with Gasteiger partial charge in [0.2, 0.25) is 11.8 Å². The molecule has 0 spiro atoms. The van der Waals surface area contributed by atoms with Crippen LogP contribution in [0.3, 0.4) is 0 Å². The van der Waals surface area contributed by atoms with Crippen LogP contribution in [0.2, 0.25) is 0 Å². The molecule has 0 radical (unpaired) electrons. The van der Waals surface area contributed by atoms with Crippen molar-refractivity contribution in [3.63, 3.8) is 0 Å². The predicted octanol–water partition coefficient (Wildman–Crippen LogP) is 1.17. The molecule has 0 bridgehead atoms. The Morgan fingerprint density at radius 1 is 1.07 bits per heavy atom. The van der Waals surface area contributed by atoms with Crippen LogP contribution in [0, 0.1) is 11.8 Å². The zero-order chi connectivity index (χ0) is 22.4. The molecule has 0 aliphatic carbocycles. The van der Waals surface area contributed by atoms with E-state index in [2.05, 4.69) is 10.6 Å². The first kappa shape index (κ1) is 23.6. The summed E-state index contributed by atoms with van der Waals surface area (Å²) in [4.78, 5) is 38.4. The van der Waals surface area contributed by atoms with Crippen molar-refractivity contribution in [3.8, 4) is 0 Å². The fraction of sp³-hybridized carbons (Fsp3) is 0.571. The van der Waals surface area contributed by atoms with Crippen molar-refractivity contribution >= 4 is 17.9 Å². The van der Waals surface area contributed by atoms with Crippen molar-refractivity contribution in [1.82, 2.24) is 15.5 Å². The van der Waals surface area contributed by atoms with Crippen LogP contribution in [-0.4, -0.2) is 64.2 Å². The van der Waals surface area contributed by atoms with E-state index in [4.69, 9.17) is 9.84 Å². The van der Waals surface area contributed by atoms with Gasteiger partial charge in [-0.1, -0.05) is 58.0 Å². The molecular weight excluding hydrogens is 390 g/mol. The third kappa shape index (κ3) is 5.93. The summed E-state index contributed by atoms with van der Waals surface area (Å²) in [5.74, 6) is -1.51. The summed E-state index contributed by atoms with van der Waals surface area (Å²) in [6.45, 7) is 6.92.